The minimum Gasteiger partial charge on any atom is -0.488 e. The van der Waals surface area contributed by atoms with Gasteiger partial charge >= 0.3 is 0 Å². The number of rotatable bonds is 10. The summed E-state index contributed by atoms with van der Waals surface area (Å²) in [5, 5.41) is 10.9. The molecule has 0 saturated carbocycles. The van der Waals surface area contributed by atoms with E-state index < -0.39 is 5.60 Å². The van der Waals surface area contributed by atoms with Crippen LogP contribution >= 0.6 is 0 Å². The van der Waals surface area contributed by atoms with Crippen LogP contribution in [0.4, 0.5) is 0 Å². The van der Waals surface area contributed by atoms with Gasteiger partial charge in [0.2, 0.25) is 0 Å². The second-order valence-corrected chi connectivity index (χ2v) is 7.79. The quantitative estimate of drug-likeness (QED) is 0.581. The molecule has 1 aromatic carbocycles. The van der Waals surface area contributed by atoms with Crippen molar-refractivity contribution in [2.75, 3.05) is 0 Å². The molecule has 2 nitrogen and oxygen atoms in total. The number of benzene rings is 1. The summed E-state index contributed by atoms with van der Waals surface area (Å²) in [6.07, 6.45) is 8.15. The van der Waals surface area contributed by atoms with Crippen LogP contribution in [0.2, 0.25) is 0 Å². The van der Waals surface area contributed by atoms with Gasteiger partial charge < -0.3 is 9.84 Å². The third-order valence-corrected chi connectivity index (χ3v) is 4.22. The monoisotopic (exact) mass is 320 g/mol. The highest BCUT2D eigenvalue weighted by molar-refractivity contribution is 5.28. The van der Waals surface area contributed by atoms with Gasteiger partial charge in [0.25, 0.3) is 0 Å². The maximum absolute atomic E-state index is 10.9. The third kappa shape index (κ3) is 8.41. The second-order valence-electron chi connectivity index (χ2n) is 7.79. The first-order valence-electron chi connectivity index (χ1n) is 9.28. The molecule has 0 radical (unpaired) electrons. The fourth-order valence-corrected chi connectivity index (χ4v) is 2.84. The van der Waals surface area contributed by atoms with Gasteiger partial charge in [-0.1, -0.05) is 51.7 Å². The Morgan fingerprint density at radius 1 is 0.870 bits per heavy atom. The van der Waals surface area contributed by atoms with Crippen molar-refractivity contribution in [2.45, 2.75) is 97.2 Å². The van der Waals surface area contributed by atoms with Crippen LogP contribution in [-0.2, 0) is 6.42 Å². The highest BCUT2D eigenvalue weighted by Gasteiger charge is 2.25. The smallest absolute Gasteiger partial charge is 0.120 e. The minimum atomic E-state index is -0.493. The maximum atomic E-state index is 10.9. The molecule has 23 heavy (non-hydrogen) atoms. The topological polar surface area (TPSA) is 29.5 Å². The van der Waals surface area contributed by atoms with Crippen LogP contribution in [0.5, 0.6) is 5.75 Å². The molecular weight excluding hydrogens is 284 g/mol. The number of aliphatic hydroxyl groups is 1. The summed E-state index contributed by atoms with van der Waals surface area (Å²) in [7, 11) is 0. The molecule has 1 rings (SSSR count). The number of aryl methyl sites for hydroxylation is 1. The van der Waals surface area contributed by atoms with Gasteiger partial charge in [-0.2, -0.15) is 0 Å². The van der Waals surface area contributed by atoms with E-state index in [-0.39, 0.29) is 5.60 Å². The van der Waals surface area contributed by atoms with Gasteiger partial charge in [-0.15, -0.1) is 0 Å². The minimum absolute atomic E-state index is 0.165. The molecule has 0 atom stereocenters. The van der Waals surface area contributed by atoms with Crippen molar-refractivity contribution < 1.29 is 9.84 Å². The molecule has 1 N–H and O–H groups in total. The van der Waals surface area contributed by atoms with Crippen LogP contribution in [0, 0.1) is 0 Å². The molecule has 0 saturated heterocycles. The number of ether oxygens (including phenoxy) is 1. The van der Waals surface area contributed by atoms with Gasteiger partial charge in [-0.05, 0) is 64.2 Å². The zero-order valence-electron chi connectivity index (χ0n) is 15.8. The fraction of sp³-hybridized carbons (Fsp3) is 0.714. The molecule has 0 bridgehead atoms. The van der Waals surface area contributed by atoms with Gasteiger partial charge in [0.1, 0.15) is 11.4 Å². The first-order valence-corrected chi connectivity index (χ1v) is 9.28. The van der Waals surface area contributed by atoms with Crippen LogP contribution in [-0.4, -0.2) is 16.3 Å². The first kappa shape index (κ1) is 20.0. The summed E-state index contributed by atoms with van der Waals surface area (Å²) in [4.78, 5) is 0. The molecule has 132 valence electrons. The van der Waals surface area contributed by atoms with Gasteiger partial charge in [0, 0.05) is 0 Å². The molecule has 0 aromatic heterocycles. The Bertz CT molecular complexity index is 420. The van der Waals surface area contributed by atoms with Crippen LogP contribution in [0.25, 0.3) is 0 Å². The summed E-state index contributed by atoms with van der Waals surface area (Å²) < 4.78 is 5.86. The molecule has 0 spiro atoms. The van der Waals surface area contributed by atoms with Crippen LogP contribution in [0.15, 0.2) is 24.3 Å². The van der Waals surface area contributed by atoms with Crippen LogP contribution in [0.1, 0.15) is 85.1 Å². The molecule has 0 aliphatic rings. The van der Waals surface area contributed by atoms with E-state index in [1.165, 1.54) is 5.56 Å². The lowest BCUT2D eigenvalue weighted by Crippen LogP contribution is -2.29. The molecule has 2 heteroatoms. The van der Waals surface area contributed by atoms with Crippen molar-refractivity contribution in [1.29, 1.82) is 0 Å². The van der Waals surface area contributed by atoms with Crippen molar-refractivity contribution in [2.24, 2.45) is 0 Å². The lowest BCUT2D eigenvalue weighted by atomic mass is 9.85. The third-order valence-electron chi connectivity index (χ3n) is 4.22. The Hall–Kier alpha value is -1.02. The highest BCUT2D eigenvalue weighted by Crippen LogP contribution is 2.27. The van der Waals surface area contributed by atoms with Crippen molar-refractivity contribution in [1.82, 2.24) is 0 Å². The Labute approximate surface area is 143 Å². The summed E-state index contributed by atoms with van der Waals surface area (Å²) in [5.74, 6) is 0.911. The standard InChI is InChI=1S/C21H36O2/c1-6-8-15-21(22,16-9-7-2)17-14-18-10-12-19(13-11-18)23-20(3,4)5/h10-13,22H,6-9,14-17H2,1-5H3. The van der Waals surface area contributed by atoms with E-state index >= 15 is 0 Å². The van der Waals surface area contributed by atoms with E-state index in [0.29, 0.717) is 0 Å². The van der Waals surface area contributed by atoms with Gasteiger partial charge in [-0.25, -0.2) is 0 Å². The lowest BCUT2D eigenvalue weighted by Gasteiger charge is -2.28. The second kappa shape index (κ2) is 9.32. The molecule has 0 aliphatic heterocycles. The molecule has 0 heterocycles. The molecule has 0 aliphatic carbocycles. The number of hydrogen-bond acceptors (Lipinski definition) is 2. The fourth-order valence-electron chi connectivity index (χ4n) is 2.84. The molecular formula is C21H36O2. The predicted octanol–water partition coefficient (Wildman–Crippen LogP) is 5.91. The van der Waals surface area contributed by atoms with E-state index in [9.17, 15) is 5.11 Å². The average molecular weight is 321 g/mol. The lowest BCUT2D eigenvalue weighted by molar-refractivity contribution is 0.0105. The summed E-state index contributed by atoms with van der Waals surface area (Å²) in [6, 6.07) is 8.33. The summed E-state index contributed by atoms with van der Waals surface area (Å²) in [5.41, 5.74) is 0.618. The maximum Gasteiger partial charge on any atom is 0.120 e. The van der Waals surface area contributed by atoms with Crippen LogP contribution in [0.3, 0.4) is 0 Å². The van der Waals surface area contributed by atoms with Crippen molar-refractivity contribution in [3.63, 3.8) is 0 Å². The number of hydrogen-bond donors (Lipinski definition) is 1. The Kier molecular flexibility index (Phi) is 8.11. The van der Waals surface area contributed by atoms with E-state index in [1.807, 2.05) is 12.1 Å². The Morgan fingerprint density at radius 3 is 1.83 bits per heavy atom. The Balaban J connectivity index is 2.59. The largest absolute Gasteiger partial charge is 0.488 e. The Morgan fingerprint density at radius 2 is 1.39 bits per heavy atom. The zero-order chi connectivity index (χ0) is 17.3. The van der Waals surface area contributed by atoms with Crippen molar-refractivity contribution in [3.8, 4) is 5.75 Å². The SMILES string of the molecule is CCCCC(O)(CCCC)CCc1ccc(OC(C)(C)C)cc1. The average Bonchev–Trinajstić information content (AvgIpc) is 2.49. The molecule has 0 amide bonds. The summed E-state index contributed by atoms with van der Waals surface area (Å²) >= 11 is 0. The van der Waals surface area contributed by atoms with Crippen molar-refractivity contribution in [3.05, 3.63) is 29.8 Å². The van der Waals surface area contributed by atoms with Crippen LogP contribution < -0.4 is 4.74 Å². The number of unbranched alkanes of at least 4 members (excludes halogenated alkanes) is 2. The highest BCUT2D eigenvalue weighted by atomic mass is 16.5. The van der Waals surface area contributed by atoms with E-state index in [4.69, 9.17) is 4.74 Å². The van der Waals surface area contributed by atoms with Gasteiger partial charge in [0.15, 0.2) is 0 Å². The molecule has 0 unspecified atom stereocenters. The van der Waals surface area contributed by atoms with E-state index in [0.717, 1.165) is 57.1 Å². The van der Waals surface area contributed by atoms with E-state index in [2.05, 4.69) is 46.8 Å². The van der Waals surface area contributed by atoms with Crippen molar-refractivity contribution >= 4 is 0 Å². The molecule has 0 fully saturated rings. The van der Waals surface area contributed by atoms with Gasteiger partial charge in [0.05, 0.1) is 5.60 Å². The zero-order valence-corrected chi connectivity index (χ0v) is 15.8. The first-order chi connectivity index (χ1) is 10.8. The predicted molar refractivity (Wildman–Crippen MR) is 99.1 cm³/mol. The molecule has 1 aromatic rings. The van der Waals surface area contributed by atoms with E-state index in [1.54, 1.807) is 0 Å². The van der Waals surface area contributed by atoms with Gasteiger partial charge in [-0.3, -0.25) is 0 Å². The summed E-state index contributed by atoms with van der Waals surface area (Å²) in [6.45, 7) is 10.6. The normalized spacial score (nSPS) is 12.4.